The first-order valence-corrected chi connectivity index (χ1v) is 5.37. The molecule has 1 aliphatic heterocycles. The minimum absolute atomic E-state index is 0.532. The quantitative estimate of drug-likeness (QED) is 0.535. The second-order valence-corrected chi connectivity index (χ2v) is 4.48. The van der Waals surface area contributed by atoms with E-state index in [1.165, 1.54) is 0 Å². The van der Waals surface area contributed by atoms with Crippen LogP contribution in [0.25, 0.3) is 0 Å². The maximum Gasteiger partial charge on any atom is 0.194 e. The summed E-state index contributed by atoms with van der Waals surface area (Å²) in [7, 11) is 0. The number of hydrogen-bond acceptors (Lipinski definition) is 7. The Kier molecular flexibility index (Phi) is 3.73. The van der Waals surface area contributed by atoms with Crippen LogP contribution >= 0.6 is 0 Å². The molecular weight excluding hydrogens is 244 g/mol. The Morgan fingerprint density at radius 3 is 1.83 bits per heavy atom. The van der Waals surface area contributed by atoms with E-state index in [0.717, 1.165) is 20.8 Å². The van der Waals surface area contributed by atoms with Crippen molar-refractivity contribution in [3.8, 4) is 0 Å². The van der Waals surface area contributed by atoms with Crippen LogP contribution < -0.4 is 0 Å². The molecule has 102 valence electrons. The second kappa shape index (κ2) is 4.51. The Morgan fingerprint density at radius 2 is 1.50 bits per heavy atom. The normalized spacial score (nSPS) is 40.3. The van der Waals surface area contributed by atoms with Gasteiger partial charge in [0.2, 0.25) is 0 Å². The highest BCUT2D eigenvalue weighted by molar-refractivity contribution is 6.02. The van der Waals surface area contributed by atoms with Crippen molar-refractivity contribution in [2.24, 2.45) is 0 Å². The van der Waals surface area contributed by atoms with Crippen molar-refractivity contribution in [1.29, 1.82) is 0 Å². The van der Waals surface area contributed by atoms with Gasteiger partial charge in [0.1, 0.15) is 6.10 Å². The third-order valence-corrected chi connectivity index (χ3v) is 3.31. The lowest BCUT2D eigenvalue weighted by Crippen LogP contribution is -2.78. The first kappa shape index (κ1) is 14.9. The van der Waals surface area contributed by atoms with Gasteiger partial charge in [0.15, 0.2) is 34.7 Å². The van der Waals surface area contributed by atoms with Gasteiger partial charge in [-0.15, -0.1) is 0 Å². The van der Waals surface area contributed by atoms with E-state index in [-0.39, 0.29) is 0 Å². The molecule has 1 fully saturated rings. The standard InChI is InChI=1S/C11H16O7/c1-5(12)9-11(17,7(3)14)10(16,6(2)13)8(15)4-18-9/h8-9,15-17H,4H2,1-3H3/t8-,9?,10+,11+/m0/s1. The zero-order valence-corrected chi connectivity index (χ0v) is 10.3. The van der Waals surface area contributed by atoms with Crippen LogP contribution in [0.15, 0.2) is 0 Å². The van der Waals surface area contributed by atoms with E-state index >= 15 is 0 Å². The van der Waals surface area contributed by atoms with Gasteiger partial charge < -0.3 is 20.1 Å². The highest BCUT2D eigenvalue weighted by atomic mass is 16.5. The predicted molar refractivity (Wildman–Crippen MR) is 57.7 cm³/mol. The molecule has 4 atom stereocenters. The predicted octanol–water partition coefficient (Wildman–Crippen LogP) is -2.02. The SMILES string of the molecule is CC(=O)C1OC[C@H](O)[C@](O)(C(C)=O)[C@@]1(O)C(C)=O. The molecule has 1 aliphatic rings. The molecule has 0 saturated carbocycles. The lowest BCUT2D eigenvalue weighted by molar-refractivity contribution is -0.265. The summed E-state index contributed by atoms with van der Waals surface area (Å²) in [6, 6.07) is 0. The number of aliphatic hydroxyl groups excluding tert-OH is 1. The van der Waals surface area contributed by atoms with E-state index in [0.29, 0.717) is 0 Å². The fourth-order valence-electron chi connectivity index (χ4n) is 2.25. The van der Waals surface area contributed by atoms with Gasteiger partial charge in [-0.05, 0) is 20.8 Å². The molecule has 0 amide bonds. The molecule has 0 aromatic rings. The molecule has 18 heavy (non-hydrogen) atoms. The van der Waals surface area contributed by atoms with Crippen LogP contribution in [0.4, 0.5) is 0 Å². The van der Waals surface area contributed by atoms with E-state index in [9.17, 15) is 29.7 Å². The fraction of sp³-hybridized carbons (Fsp3) is 0.727. The van der Waals surface area contributed by atoms with Gasteiger partial charge in [-0.1, -0.05) is 0 Å². The molecule has 1 saturated heterocycles. The number of carbonyl (C=O) groups is 3. The molecule has 0 spiro atoms. The van der Waals surface area contributed by atoms with Gasteiger partial charge in [0.25, 0.3) is 0 Å². The van der Waals surface area contributed by atoms with Crippen molar-refractivity contribution in [2.45, 2.75) is 44.2 Å². The van der Waals surface area contributed by atoms with E-state index in [2.05, 4.69) is 0 Å². The molecule has 1 heterocycles. The Bertz CT molecular complexity index is 404. The summed E-state index contributed by atoms with van der Waals surface area (Å²) >= 11 is 0. The van der Waals surface area contributed by atoms with Gasteiger partial charge in [0.05, 0.1) is 6.61 Å². The van der Waals surface area contributed by atoms with Crippen molar-refractivity contribution in [3.05, 3.63) is 0 Å². The summed E-state index contributed by atoms with van der Waals surface area (Å²) in [6.45, 7) is 2.34. The van der Waals surface area contributed by atoms with Crippen molar-refractivity contribution in [1.82, 2.24) is 0 Å². The molecule has 7 heteroatoms. The zero-order chi connectivity index (χ0) is 14.3. The molecule has 0 bridgehead atoms. The van der Waals surface area contributed by atoms with E-state index in [4.69, 9.17) is 4.74 Å². The summed E-state index contributed by atoms with van der Waals surface area (Å²) in [6.07, 6.45) is -3.48. The minimum atomic E-state index is -2.79. The number of hydrogen-bond donors (Lipinski definition) is 3. The molecule has 7 nitrogen and oxygen atoms in total. The highest BCUT2D eigenvalue weighted by Crippen LogP contribution is 2.37. The summed E-state index contributed by atoms with van der Waals surface area (Å²) in [5.41, 5.74) is -5.55. The lowest BCUT2D eigenvalue weighted by Gasteiger charge is -2.49. The molecule has 1 rings (SSSR count). The summed E-state index contributed by atoms with van der Waals surface area (Å²) in [5, 5.41) is 30.2. The van der Waals surface area contributed by atoms with Gasteiger partial charge in [-0.3, -0.25) is 14.4 Å². The van der Waals surface area contributed by atoms with Crippen LogP contribution in [-0.4, -0.2) is 62.7 Å². The van der Waals surface area contributed by atoms with E-state index in [1.54, 1.807) is 0 Å². The van der Waals surface area contributed by atoms with Crippen LogP contribution in [-0.2, 0) is 19.1 Å². The summed E-state index contributed by atoms with van der Waals surface area (Å²) in [5.74, 6) is -2.76. The van der Waals surface area contributed by atoms with E-state index < -0.39 is 47.4 Å². The van der Waals surface area contributed by atoms with Crippen molar-refractivity contribution in [2.75, 3.05) is 6.61 Å². The number of ketones is 3. The second-order valence-electron chi connectivity index (χ2n) is 4.48. The number of Topliss-reactive ketones (excluding diaryl/α,β-unsaturated/α-hetero) is 3. The fourth-order valence-corrected chi connectivity index (χ4v) is 2.25. The van der Waals surface area contributed by atoms with Crippen molar-refractivity contribution < 1.29 is 34.4 Å². The summed E-state index contributed by atoms with van der Waals surface area (Å²) < 4.78 is 4.89. The van der Waals surface area contributed by atoms with Gasteiger partial charge in [-0.25, -0.2) is 0 Å². The van der Waals surface area contributed by atoms with Crippen molar-refractivity contribution >= 4 is 17.3 Å². The first-order chi connectivity index (χ1) is 8.10. The minimum Gasteiger partial charge on any atom is -0.387 e. The Hall–Kier alpha value is -1.15. The van der Waals surface area contributed by atoms with Gasteiger partial charge in [-0.2, -0.15) is 0 Å². The number of aliphatic hydroxyl groups is 3. The maximum absolute atomic E-state index is 11.6. The molecule has 0 aromatic heterocycles. The highest BCUT2D eigenvalue weighted by Gasteiger charge is 2.68. The third kappa shape index (κ3) is 1.71. The van der Waals surface area contributed by atoms with Gasteiger partial charge in [0, 0.05) is 0 Å². The maximum atomic E-state index is 11.6. The zero-order valence-electron chi connectivity index (χ0n) is 10.3. The van der Waals surface area contributed by atoms with Crippen LogP contribution in [0.2, 0.25) is 0 Å². The molecule has 3 N–H and O–H groups in total. The van der Waals surface area contributed by atoms with E-state index in [1.807, 2.05) is 0 Å². The largest absolute Gasteiger partial charge is 0.387 e. The smallest absolute Gasteiger partial charge is 0.194 e. The third-order valence-electron chi connectivity index (χ3n) is 3.31. The topological polar surface area (TPSA) is 121 Å². The molecule has 0 radical (unpaired) electrons. The van der Waals surface area contributed by atoms with Gasteiger partial charge >= 0.3 is 0 Å². The Morgan fingerprint density at radius 1 is 1.06 bits per heavy atom. The molecule has 0 aliphatic carbocycles. The Labute approximate surface area is 103 Å². The average molecular weight is 260 g/mol. The van der Waals surface area contributed by atoms with Crippen LogP contribution in [0.3, 0.4) is 0 Å². The molecular formula is C11H16O7. The summed E-state index contributed by atoms with van der Waals surface area (Å²) in [4.78, 5) is 34.5. The number of rotatable bonds is 3. The van der Waals surface area contributed by atoms with Crippen LogP contribution in [0, 0.1) is 0 Å². The monoisotopic (exact) mass is 260 g/mol. The molecule has 1 unspecified atom stereocenters. The van der Waals surface area contributed by atoms with Crippen molar-refractivity contribution in [3.63, 3.8) is 0 Å². The number of carbonyl (C=O) groups excluding carboxylic acids is 3. The Balaban J connectivity index is 3.48. The lowest BCUT2D eigenvalue weighted by atomic mass is 9.68. The first-order valence-electron chi connectivity index (χ1n) is 5.37. The molecule has 0 aromatic carbocycles. The van der Waals surface area contributed by atoms with Crippen LogP contribution in [0.5, 0.6) is 0 Å². The van der Waals surface area contributed by atoms with Crippen LogP contribution in [0.1, 0.15) is 20.8 Å². The number of ether oxygens (including phenoxy) is 1. The average Bonchev–Trinajstić information content (AvgIpc) is 2.24.